The summed E-state index contributed by atoms with van der Waals surface area (Å²) < 4.78 is 37.7. The SMILES string of the molecule is COCCOc1ccc(NS(=O)(=O)c2ccc(C)c(C)c2)cc1. The van der Waals surface area contributed by atoms with Crippen LogP contribution in [0, 0.1) is 13.8 Å². The van der Waals surface area contributed by atoms with Gasteiger partial charge in [0.05, 0.1) is 11.5 Å². The molecule has 0 saturated heterocycles. The van der Waals surface area contributed by atoms with E-state index in [9.17, 15) is 8.42 Å². The summed E-state index contributed by atoms with van der Waals surface area (Å²) >= 11 is 0. The van der Waals surface area contributed by atoms with Crippen molar-refractivity contribution in [2.24, 2.45) is 0 Å². The number of sulfonamides is 1. The zero-order chi connectivity index (χ0) is 16.9. The fourth-order valence-corrected chi connectivity index (χ4v) is 3.10. The third-order valence-electron chi connectivity index (χ3n) is 3.45. The summed E-state index contributed by atoms with van der Waals surface area (Å²) in [5, 5.41) is 0. The van der Waals surface area contributed by atoms with Crippen LogP contribution in [0.5, 0.6) is 5.75 Å². The predicted molar refractivity (Wildman–Crippen MR) is 90.5 cm³/mol. The van der Waals surface area contributed by atoms with Crippen molar-refractivity contribution in [1.29, 1.82) is 0 Å². The summed E-state index contributed by atoms with van der Waals surface area (Å²) in [4.78, 5) is 0.251. The van der Waals surface area contributed by atoms with Gasteiger partial charge in [0.1, 0.15) is 12.4 Å². The number of hydrogen-bond donors (Lipinski definition) is 1. The molecule has 1 N–H and O–H groups in total. The standard InChI is InChI=1S/C17H21NO4S/c1-13-4-9-17(12-14(13)2)23(19,20)18-15-5-7-16(8-6-15)22-11-10-21-3/h4-9,12,18H,10-11H2,1-3H3. The molecule has 124 valence electrons. The Morgan fingerprint density at radius 3 is 2.26 bits per heavy atom. The van der Waals surface area contributed by atoms with E-state index in [0.29, 0.717) is 24.7 Å². The molecule has 0 aliphatic heterocycles. The van der Waals surface area contributed by atoms with Crippen LogP contribution >= 0.6 is 0 Å². The molecule has 0 fully saturated rings. The fourth-order valence-electron chi connectivity index (χ4n) is 1.96. The van der Waals surface area contributed by atoms with Crippen molar-refractivity contribution in [1.82, 2.24) is 0 Å². The van der Waals surface area contributed by atoms with Crippen LogP contribution in [0.1, 0.15) is 11.1 Å². The molecule has 0 heterocycles. The van der Waals surface area contributed by atoms with Crippen molar-refractivity contribution < 1.29 is 17.9 Å². The Hall–Kier alpha value is -2.05. The van der Waals surface area contributed by atoms with Gasteiger partial charge in [0.2, 0.25) is 0 Å². The van der Waals surface area contributed by atoms with Crippen LogP contribution < -0.4 is 9.46 Å². The van der Waals surface area contributed by atoms with Crippen LogP contribution in [-0.4, -0.2) is 28.7 Å². The van der Waals surface area contributed by atoms with E-state index in [1.807, 2.05) is 13.8 Å². The van der Waals surface area contributed by atoms with Crippen molar-refractivity contribution in [3.05, 3.63) is 53.6 Å². The smallest absolute Gasteiger partial charge is 0.261 e. The maximum Gasteiger partial charge on any atom is 0.261 e. The van der Waals surface area contributed by atoms with Gasteiger partial charge in [-0.15, -0.1) is 0 Å². The zero-order valence-corrected chi connectivity index (χ0v) is 14.3. The number of nitrogens with one attached hydrogen (secondary N) is 1. The first-order chi connectivity index (χ1) is 10.9. The Bertz CT molecular complexity index is 755. The minimum Gasteiger partial charge on any atom is -0.491 e. The Labute approximate surface area is 137 Å². The first-order valence-corrected chi connectivity index (χ1v) is 8.72. The van der Waals surface area contributed by atoms with Gasteiger partial charge in [-0.2, -0.15) is 0 Å². The minimum absolute atomic E-state index is 0.251. The zero-order valence-electron chi connectivity index (χ0n) is 13.5. The number of aryl methyl sites for hydroxylation is 2. The summed E-state index contributed by atoms with van der Waals surface area (Å²) in [5.74, 6) is 0.663. The summed E-state index contributed by atoms with van der Waals surface area (Å²) in [5.41, 5.74) is 2.48. The molecular formula is C17H21NO4S. The predicted octanol–water partition coefficient (Wildman–Crippen LogP) is 3.13. The molecule has 2 aromatic carbocycles. The lowest BCUT2D eigenvalue weighted by molar-refractivity contribution is 0.146. The van der Waals surface area contributed by atoms with Crippen molar-refractivity contribution in [2.75, 3.05) is 25.0 Å². The lowest BCUT2D eigenvalue weighted by Gasteiger charge is -2.11. The Kier molecular flexibility index (Phi) is 5.63. The van der Waals surface area contributed by atoms with E-state index < -0.39 is 10.0 Å². The van der Waals surface area contributed by atoms with E-state index >= 15 is 0 Å². The van der Waals surface area contributed by atoms with E-state index in [1.165, 1.54) is 0 Å². The molecule has 2 rings (SSSR count). The van der Waals surface area contributed by atoms with E-state index in [2.05, 4.69) is 4.72 Å². The summed E-state index contributed by atoms with van der Waals surface area (Å²) in [6, 6.07) is 11.8. The highest BCUT2D eigenvalue weighted by Crippen LogP contribution is 2.21. The summed E-state index contributed by atoms with van der Waals surface area (Å²) in [6.45, 7) is 4.79. The van der Waals surface area contributed by atoms with Crippen LogP contribution in [0.3, 0.4) is 0 Å². The van der Waals surface area contributed by atoms with E-state index in [1.54, 1.807) is 49.6 Å². The third kappa shape index (κ3) is 4.71. The van der Waals surface area contributed by atoms with E-state index in [-0.39, 0.29) is 4.90 Å². The van der Waals surface area contributed by atoms with E-state index in [4.69, 9.17) is 9.47 Å². The molecule has 0 saturated carbocycles. The van der Waals surface area contributed by atoms with Gasteiger partial charge in [0, 0.05) is 12.8 Å². The van der Waals surface area contributed by atoms with Crippen molar-refractivity contribution in [2.45, 2.75) is 18.7 Å². The second-order valence-electron chi connectivity index (χ2n) is 5.22. The lowest BCUT2D eigenvalue weighted by atomic mass is 10.1. The first-order valence-electron chi connectivity index (χ1n) is 7.24. The highest BCUT2D eigenvalue weighted by molar-refractivity contribution is 7.92. The molecule has 2 aromatic rings. The van der Waals surface area contributed by atoms with Crippen LogP contribution in [0.2, 0.25) is 0 Å². The molecule has 23 heavy (non-hydrogen) atoms. The van der Waals surface area contributed by atoms with Gasteiger partial charge in [-0.25, -0.2) is 8.42 Å². The van der Waals surface area contributed by atoms with E-state index in [0.717, 1.165) is 11.1 Å². The number of ether oxygens (including phenoxy) is 2. The van der Waals surface area contributed by atoms with Gasteiger partial charge in [0.15, 0.2) is 0 Å². The van der Waals surface area contributed by atoms with Gasteiger partial charge in [-0.1, -0.05) is 6.07 Å². The number of hydrogen-bond acceptors (Lipinski definition) is 4. The van der Waals surface area contributed by atoms with Crippen LogP contribution in [0.15, 0.2) is 47.4 Å². The van der Waals surface area contributed by atoms with Crippen LogP contribution in [0.25, 0.3) is 0 Å². The van der Waals surface area contributed by atoms with Gasteiger partial charge in [0.25, 0.3) is 10.0 Å². The molecule has 0 spiro atoms. The van der Waals surface area contributed by atoms with Gasteiger partial charge < -0.3 is 9.47 Å². The maximum absolute atomic E-state index is 12.4. The minimum atomic E-state index is -3.60. The molecule has 0 aliphatic carbocycles. The maximum atomic E-state index is 12.4. The molecule has 6 heteroatoms. The van der Waals surface area contributed by atoms with Gasteiger partial charge >= 0.3 is 0 Å². The molecule has 0 aromatic heterocycles. The monoisotopic (exact) mass is 335 g/mol. The molecule has 0 bridgehead atoms. The number of methoxy groups -OCH3 is 1. The molecule has 0 aliphatic rings. The highest BCUT2D eigenvalue weighted by Gasteiger charge is 2.14. The highest BCUT2D eigenvalue weighted by atomic mass is 32.2. The molecule has 5 nitrogen and oxygen atoms in total. The fraction of sp³-hybridized carbons (Fsp3) is 0.294. The average Bonchev–Trinajstić information content (AvgIpc) is 2.51. The van der Waals surface area contributed by atoms with Crippen molar-refractivity contribution in [3.8, 4) is 5.75 Å². The quantitative estimate of drug-likeness (QED) is 0.790. The topological polar surface area (TPSA) is 64.6 Å². The largest absolute Gasteiger partial charge is 0.491 e. The molecule has 0 amide bonds. The molecule has 0 radical (unpaired) electrons. The second-order valence-corrected chi connectivity index (χ2v) is 6.90. The lowest BCUT2D eigenvalue weighted by Crippen LogP contribution is -2.13. The first kappa shape index (κ1) is 17.3. The second kappa shape index (κ2) is 7.48. The van der Waals surface area contributed by atoms with Gasteiger partial charge in [-0.05, 0) is 61.4 Å². The van der Waals surface area contributed by atoms with Crippen LogP contribution in [-0.2, 0) is 14.8 Å². The normalized spacial score (nSPS) is 11.3. The number of benzene rings is 2. The molecular weight excluding hydrogens is 314 g/mol. The van der Waals surface area contributed by atoms with Crippen molar-refractivity contribution in [3.63, 3.8) is 0 Å². The number of anilines is 1. The average molecular weight is 335 g/mol. The van der Waals surface area contributed by atoms with Crippen LogP contribution in [0.4, 0.5) is 5.69 Å². The Morgan fingerprint density at radius 2 is 1.65 bits per heavy atom. The molecule has 0 atom stereocenters. The van der Waals surface area contributed by atoms with Gasteiger partial charge in [-0.3, -0.25) is 4.72 Å². The summed E-state index contributed by atoms with van der Waals surface area (Å²) in [7, 11) is -1.99. The molecule has 0 unspecified atom stereocenters. The Morgan fingerprint density at radius 1 is 0.957 bits per heavy atom. The third-order valence-corrected chi connectivity index (χ3v) is 4.83. The van der Waals surface area contributed by atoms with Crippen molar-refractivity contribution >= 4 is 15.7 Å². The number of rotatable bonds is 7. The Balaban J connectivity index is 2.09. The summed E-state index contributed by atoms with van der Waals surface area (Å²) in [6.07, 6.45) is 0.